The fourth-order valence-corrected chi connectivity index (χ4v) is 2.01. The minimum atomic E-state index is -0.736. The van der Waals surface area contributed by atoms with Crippen LogP contribution in [0.1, 0.15) is 27.7 Å². The van der Waals surface area contributed by atoms with Crippen molar-refractivity contribution >= 4 is 17.5 Å². The van der Waals surface area contributed by atoms with Crippen LogP contribution in [0.5, 0.6) is 5.75 Å². The molecule has 1 heterocycles. The summed E-state index contributed by atoms with van der Waals surface area (Å²) in [5.41, 5.74) is 0.684. The number of nitrogens with zero attached hydrogens (tertiary/aromatic N) is 1. The van der Waals surface area contributed by atoms with Gasteiger partial charge in [0, 0.05) is 17.3 Å². The van der Waals surface area contributed by atoms with Gasteiger partial charge in [0.15, 0.2) is 12.2 Å². The van der Waals surface area contributed by atoms with Gasteiger partial charge in [0.1, 0.15) is 5.75 Å². The van der Waals surface area contributed by atoms with Gasteiger partial charge in [0.25, 0.3) is 0 Å². The Morgan fingerprint density at radius 3 is 2.58 bits per heavy atom. The lowest BCUT2D eigenvalue weighted by molar-refractivity contribution is -0.137. The molecule has 0 aliphatic carbocycles. The van der Waals surface area contributed by atoms with Crippen LogP contribution in [0.2, 0.25) is 0 Å². The van der Waals surface area contributed by atoms with Gasteiger partial charge in [0.05, 0.1) is 18.4 Å². The van der Waals surface area contributed by atoms with Crippen molar-refractivity contribution in [3.05, 3.63) is 30.8 Å². The van der Waals surface area contributed by atoms with Crippen molar-refractivity contribution in [1.29, 1.82) is 0 Å². The van der Waals surface area contributed by atoms with Gasteiger partial charge in [-0.1, -0.05) is 0 Å². The molecule has 7 nitrogen and oxygen atoms in total. The maximum Gasteiger partial charge on any atom is 0.313 e. The molecule has 0 unspecified atom stereocenters. The van der Waals surface area contributed by atoms with Crippen LogP contribution in [0.3, 0.4) is 0 Å². The quantitative estimate of drug-likeness (QED) is 0.840. The molecule has 2 N–H and O–H groups in total. The van der Waals surface area contributed by atoms with Crippen LogP contribution in [0, 0.1) is 0 Å². The number of benzene rings is 1. The summed E-state index contributed by atoms with van der Waals surface area (Å²) in [5.74, 6) is -0.343. The molecule has 1 aromatic carbocycles. The van der Waals surface area contributed by atoms with Crippen molar-refractivity contribution in [3.8, 4) is 17.1 Å². The van der Waals surface area contributed by atoms with Crippen molar-refractivity contribution in [2.45, 2.75) is 33.2 Å². The summed E-state index contributed by atoms with van der Waals surface area (Å²) in [7, 11) is 0. The Kier molecular flexibility index (Phi) is 5.23. The first kappa shape index (κ1) is 17.5. The normalized spacial score (nSPS) is 11.0. The molecular formula is C17H21N3O4. The number of anilines is 1. The first-order chi connectivity index (χ1) is 11.3. The molecule has 0 spiro atoms. The SMILES string of the molecule is CCOc1cc(NC(=O)C(=O)NC(C)(C)C)ccc1-c1cnco1. The van der Waals surface area contributed by atoms with E-state index in [4.69, 9.17) is 9.15 Å². The van der Waals surface area contributed by atoms with Crippen molar-refractivity contribution < 1.29 is 18.7 Å². The van der Waals surface area contributed by atoms with Gasteiger partial charge in [-0.15, -0.1) is 0 Å². The van der Waals surface area contributed by atoms with E-state index in [2.05, 4.69) is 15.6 Å². The summed E-state index contributed by atoms with van der Waals surface area (Å²) in [6.45, 7) is 7.71. The zero-order chi connectivity index (χ0) is 17.7. The number of aromatic nitrogens is 1. The van der Waals surface area contributed by atoms with Gasteiger partial charge in [-0.25, -0.2) is 4.98 Å². The molecule has 0 saturated carbocycles. The third-order valence-electron chi connectivity index (χ3n) is 2.93. The molecule has 0 radical (unpaired) electrons. The summed E-state index contributed by atoms with van der Waals surface area (Å²) < 4.78 is 10.9. The number of ether oxygens (including phenoxy) is 1. The van der Waals surface area contributed by atoms with Gasteiger partial charge in [-0.2, -0.15) is 0 Å². The second-order valence-corrected chi connectivity index (χ2v) is 6.17. The predicted octanol–water partition coefficient (Wildman–Crippen LogP) is 2.59. The highest BCUT2D eigenvalue weighted by Crippen LogP contribution is 2.32. The Balaban J connectivity index is 2.18. The van der Waals surface area contributed by atoms with E-state index in [1.54, 1.807) is 45.2 Å². The summed E-state index contributed by atoms with van der Waals surface area (Å²) >= 11 is 0. The van der Waals surface area contributed by atoms with Crippen LogP contribution in [0.15, 0.2) is 35.2 Å². The molecule has 2 amide bonds. The number of hydrogen-bond donors (Lipinski definition) is 2. The van der Waals surface area contributed by atoms with Gasteiger partial charge in [-0.3, -0.25) is 9.59 Å². The van der Waals surface area contributed by atoms with Crippen LogP contribution < -0.4 is 15.4 Å². The summed E-state index contributed by atoms with van der Waals surface area (Å²) in [5, 5.41) is 5.17. The van der Waals surface area contributed by atoms with E-state index < -0.39 is 17.4 Å². The minimum absolute atomic E-state index is 0.447. The van der Waals surface area contributed by atoms with E-state index in [-0.39, 0.29) is 0 Å². The van der Waals surface area contributed by atoms with Gasteiger partial charge < -0.3 is 19.8 Å². The Hall–Kier alpha value is -2.83. The standard InChI is InChI=1S/C17H21N3O4/c1-5-23-13-8-11(6-7-12(13)14-9-18-10-24-14)19-15(21)16(22)20-17(2,3)4/h6-10H,5H2,1-4H3,(H,19,21)(H,20,22). The molecule has 0 aliphatic heterocycles. The third-order valence-corrected chi connectivity index (χ3v) is 2.93. The molecule has 24 heavy (non-hydrogen) atoms. The minimum Gasteiger partial charge on any atom is -0.493 e. The third kappa shape index (κ3) is 4.58. The van der Waals surface area contributed by atoms with Gasteiger partial charge in [-0.05, 0) is 39.8 Å². The van der Waals surface area contributed by atoms with Crippen LogP contribution in [-0.4, -0.2) is 28.9 Å². The molecule has 0 bridgehead atoms. The summed E-state index contributed by atoms with van der Waals surface area (Å²) in [4.78, 5) is 27.7. The van der Waals surface area contributed by atoms with Crippen molar-refractivity contribution in [1.82, 2.24) is 10.3 Å². The van der Waals surface area contributed by atoms with E-state index in [0.717, 1.165) is 0 Å². The second-order valence-electron chi connectivity index (χ2n) is 6.17. The Morgan fingerprint density at radius 2 is 2.00 bits per heavy atom. The number of carbonyl (C=O) groups excluding carboxylic acids is 2. The van der Waals surface area contributed by atoms with Crippen LogP contribution in [-0.2, 0) is 9.59 Å². The highest BCUT2D eigenvalue weighted by atomic mass is 16.5. The molecule has 2 rings (SSSR count). The van der Waals surface area contributed by atoms with Crippen LogP contribution in [0.25, 0.3) is 11.3 Å². The molecule has 0 atom stereocenters. The fraction of sp³-hybridized carbons (Fsp3) is 0.353. The lowest BCUT2D eigenvalue weighted by atomic mass is 10.1. The van der Waals surface area contributed by atoms with E-state index >= 15 is 0 Å². The van der Waals surface area contributed by atoms with Crippen molar-refractivity contribution in [2.75, 3.05) is 11.9 Å². The zero-order valence-electron chi connectivity index (χ0n) is 14.2. The van der Waals surface area contributed by atoms with E-state index in [1.165, 1.54) is 6.39 Å². The first-order valence-electron chi connectivity index (χ1n) is 7.59. The molecule has 7 heteroatoms. The molecule has 0 fully saturated rings. The number of nitrogens with one attached hydrogen (secondary N) is 2. The van der Waals surface area contributed by atoms with Crippen LogP contribution >= 0.6 is 0 Å². The zero-order valence-corrected chi connectivity index (χ0v) is 14.2. The lowest BCUT2D eigenvalue weighted by Crippen LogP contribution is -2.46. The van der Waals surface area contributed by atoms with E-state index in [1.807, 2.05) is 6.92 Å². The Bertz CT molecular complexity index is 718. The number of rotatable bonds is 4. The number of oxazole rings is 1. The van der Waals surface area contributed by atoms with Crippen LogP contribution in [0.4, 0.5) is 5.69 Å². The Morgan fingerprint density at radius 1 is 1.25 bits per heavy atom. The topological polar surface area (TPSA) is 93.5 Å². The molecule has 1 aromatic heterocycles. The largest absolute Gasteiger partial charge is 0.493 e. The first-order valence-corrected chi connectivity index (χ1v) is 7.59. The lowest BCUT2D eigenvalue weighted by Gasteiger charge is -2.20. The maximum atomic E-state index is 12.0. The summed E-state index contributed by atoms with van der Waals surface area (Å²) in [6, 6.07) is 5.05. The fourth-order valence-electron chi connectivity index (χ4n) is 2.01. The molecule has 0 aliphatic rings. The summed E-state index contributed by atoms with van der Waals surface area (Å²) in [6.07, 6.45) is 2.91. The highest BCUT2D eigenvalue weighted by molar-refractivity contribution is 6.39. The van der Waals surface area contributed by atoms with Gasteiger partial charge >= 0.3 is 11.8 Å². The van der Waals surface area contributed by atoms with Gasteiger partial charge in [0.2, 0.25) is 0 Å². The van der Waals surface area contributed by atoms with Crippen molar-refractivity contribution in [2.24, 2.45) is 0 Å². The number of hydrogen-bond acceptors (Lipinski definition) is 5. The predicted molar refractivity (Wildman–Crippen MR) is 89.6 cm³/mol. The Labute approximate surface area is 140 Å². The van der Waals surface area contributed by atoms with E-state index in [0.29, 0.717) is 29.4 Å². The number of carbonyl (C=O) groups is 2. The molecule has 2 aromatic rings. The molecular weight excluding hydrogens is 310 g/mol. The maximum absolute atomic E-state index is 12.0. The average Bonchev–Trinajstić information content (AvgIpc) is 3.00. The average molecular weight is 331 g/mol. The smallest absolute Gasteiger partial charge is 0.313 e. The molecule has 0 saturated heterocycles. The second kappa shape index (κ2) is 7.16. The highest BCUT2D eigenvalue weighted by Gasteiger charge is 2.21. The van der Waals surface area contributed by atoms with E-state index in [9.17, 15) is 9.59 Å². The number of amides is 2. The van der Waals surface area contributed by atoms with Crippen molar-refractivity contribution in [3.63, 3.8) is 0 Å². The monoisotopic (exact) mass is 331 g/mol. The molecule has 128 valence electrons.